The van der Waals surface area contributed by atoms with E-state index >= 15 is 0 Å². The lowest BCUT2D eigenvalue weighted by atomic mass is 9.97. The lowest BCUT2D eigenvalue weighted by Crippen LogP contribution is -2.40. The van der Waals surface area contributed by atoms with Crippen molar-refractivity contribution >= 4 is 17.2 Å². The molecule has 0 N–H and O–H groups in total. The van der Waals surface area contributed by atoms with Gasteiger partial charge in [0.1, 0.15) is 29.4 Å². The average Bonchev–Trinajstić information content (AvgIpc) is 3.48. The molecular weight excluding hydrogens is 519 g/mol. The van der Waals surface area contributed by atoms with Gasteiger partial charge in [-0.3, -0.25) is 9.48 Å². The van der Waals surface area contributed by atoms with Crippen molar-refractivity contribution in [3.8, 4) is 0 Å². The number of amides is 1. The molecule has 1 fully saturated rings. The maximum absolute atomic E-state index is 14.1. The Labute approximate surface area is 212 Å². The van der Waals surface area contributed by atoms with Crippen LogP contribution in [0.15, 0.2) is 23.6 Å². The van der Waals surface area contributed by atoms with E-state index in [4.69, 9.17) is 9.47 Å². The minimum atomic E-state index is -3.02. The summed E-state index contributed by atoms with van der Waals surface area (Å²) in [5, 5.41) is 6.17. The van der Waals surface area contributed by atoms with E-state index in [1.165, 1.54) is 28.4 Å². The third kappa shape index (κ3) is 5.53. The number of rotatable bonds is 6. The van der Waals surface area contributed by atoms with Crippen LogP contribution >= 0.6 is 11.3 Å². The molecule has 0 aliphatic carbocycles. The fourth-order valence-electron chi connectivity index (χ4n) is 4.43. The summed E-state index contributed by atoms with van der Waals surface area (Å²) in [6.07, 6.45) is -5.58. The van der Waals surface area contributed by atoms with Gasteiger partial charge < -0.3 is 14.4 Å². The Bertz CT molecular complexity index is 1260. The number of aromatic nitrogens is 3. The summed E-state index contributed by atoms with van der Waals surface area (Å²) >= 11 is 1.44. The quantitative estimate of drug-likeness (QED) is 0.396. The van der Waals surface area contributed by atoms with Crippen LogP contribution in [0.2, 0.25) is 0 Å². The number of carbonyl (C=O) groups is 1. The van der Waals surface area contributed by atoms with Gasteiger partial charge in [0.25, 0.3) is 12.9 Å². The first-order valence-electron chi connectivity index (χ1n) is 11.6. The van der Waals surface area contributed by atoms with Crippen LogP contribution in [0, 0.1) is 11.9 Å². The number of hydrogen-bond acceptors (Lipinski definition) is 6. The number of hydrogen-bond donors (Lipinski definition) is 0. The van der Waals surface area contributed by atoms with Crippen LogP contribution in [0.1, 0.15) is 71.1 Å². The largest absolute Gasteiger partial charge is 0.342 e. The van der Waals surface area contributed by atoms with Crippen molar-refractivity contribution in [1.29, 1.82) is 0 Å². The van der Waals surface area contributed by atoms with Gasteiger partial charge in [-0.15, -0.1) is 11.3 Å². The predicted molar refractivity (Wildman–Crippen MR) is 120 cm³/mol. The maximum atomic E-state index is 14.1. The Kier molecular flexibility index (Phi) is 7.54. The molecule has 1 aromatic carbocycles. The molecule has 197 valence electrons. The first kappa shape index (κ1) is 25.7. The molecule has 4 heterocycles. The highest BCUT2D eigenvalue weighted by Crippen LogP contribution is 2.34. The number of likely N-dealkylation sites (tertiary alicyclic amines) is 1. The topological polar surface area (TPSA) is 69.5 Å². The van der Waals surface area contributed by atoms with Gasteiger partial charge in [-0.1, -0.05) is 6.07 Å². The molecule has 1 radical (unpaired) electrons. The monoisotopic (exact) mass is 541 g/mol. The summed E-state index contributed by atoms with van der Waals surface area (Å²) < 4.78 is 78.4. The fourth-order valence-corrected chi connectivity index (χ4v) is 5.42. The molecule has 1 atom stereocenters. The smallest absolute Gasteiger partial charge is 0.282 e. The number of fused-ring (bicyclic) bond motifs is 1. The number of alkyl halides is 4. The third-order valence-electron chi connectivity index (χ3n) is 6.44. The molecule has 3 aromatic rings. The molecule has 5 rings (SSSR count). The van der Waals surface area contributed by atoms with Crippen LogP contribution in [0.4, 0.5) is 22.0 Å². The van der Waals surface area contributed by atoms with Crippen molar-refractivity contribution in [3.05, 3.63) is 68.7 Å². The third-order valence-corrected chi connectivity index (χ3v) is 7.46. The van der Waals surface area contributed by atoms with E-state index in [-0.39, 0.29) is 24.9 Å². The zero-order valence-electron chi connectivity index (χ0n) is 19.4. The molecule has 1 unspecified atom stereocenters. The van der Waals surface area contributed by atoms with Gasteiger partial charge in [-0.05, 0) is 36.6 Å². The van der Waals surface area contributed by atoms with Crippen LogP contribution in [0.5, 0.6) is 0 Å². The van der Waals surface area contributed by atoms with Crippen LogP contribution < -0.4 is 0 Å². The second-order valence-corrected chi connectivity index (χ2v) is 9.65. The van der Waals surface area contributed by atoms with Crippen LogP contribution in [0.3, 0.4) is 0 Å². The highest BCUT2D eigenvalue weighted by molar-refractivity contribution is 7.09. The Balaban J connectivity index is 1.17. The minimum Gasteiger partial charge on any atom is -0.342 e. The first-order valence-corrected chi connectivity index (χ1v) is 12.5. The van der Waals surface area contributed by atoms with E-state index in [0.717, 1.165) is 5.01 Å². The molecule has 1 saturated heterocycles. The molecule has 2 aromatic heterocycles. The van der Waals surface area contributed by atoms with Crippen molar-refractivity contribution in [3.63, 3.8) is 0 Å². The minimum absolute atomic E-state index is 0.0405. The standard InChI is InChI=1S/C24H22F5N4O3S/c25-16-3-1-2-14-10-35-24(36-11-15(14)16)18-12-37-23(30-18)13-4-6-32(7-5-13)20(34)9-33-19(22(28)29)8-17(31-33)21(26)27/h1,3,8,12-13,21-22,24H,4-7,9-11H2. The molecule has 2 aliphatic heterocycles. The van der Waals surface area contributed by atoms with Gasteiger partial charge in [0.05, 0.1) is 18.2 Å². The summed E-state index contributed by atoms with van der Waals surface area (Å²) in [6, 6.07) is 6.43. The molecule has 13 heteroatoms. The lowest BCUT2D eigenvalue weighted by Gasteiger charge is -2.31. The number of thiazole rings is 1. The van der Waals surface area contributed by atoms with Gasteiger partial charge in [0.2, 0.25) is 12.2 Å². The van der Waals surface area contributed by atoms with Crippen LogP contribution in [0.25, 0.3) is 0 Å². The lowest BCUT2D eigenvalue weighted by molar-refractivity contribution is -0.155. The number of carbonyl (C=O) groups excluding carboxylic acids is 1. The number of halogens is 5. The molecule has 2 aliphatic rings. The molecule has 0 bridgehead atoms. The number of ether oxygens (including phenoxy) is 2. The van der Waals surface area contributed by atoms with Gasteiger partial charge >= 0.3 is 0 Å². The van der Waals surface area contributed by atoms with Crippen molar-refractivity contribution < 1.29 is 36.2 Å². The zero-order chi connectivity index (χ0) is 26.1. The van der Waals surface area contributed by atoms with Crippen LogP contribution in [-0.2, 0) is 34.0 Å². The zero-order valence-corrected chi connectivity index (χ0v) is 20.2. The molecule has 37 heavy (non-hydrogen) atoms. The summed E-state index contributed by atoms with van der Waals surface area (Å²) in [6.45, 7) is 0.389. The van der Waals surface area contributed by atoms with E-state index in [1.54, 1.807) is 0 Å². The highest BCUT2D eigenvalue weighted by atomic mass is 32.1. The molecular formula is C24H22F5N4O3S. The predicted octanol–water partition coefficient (Wildman–Crippen LogP) is 5.31. The average molecular weight is 542 g/mol. The van der Waals surface area contributed by atoms with E-state index in [9.17, 15) is 26.7 Å². The van der Waals surface area contributed by atoms with Gasteiger partial charge in [-0.2, -0.15) is 5.10 Å². The second-order valence-electron chi connectivity index (χ2n) is 8.76. The molecule has 1 amide bonds. The van der Waals surface area contributed by atoms with E-state index < -0.39 is 43.0 Å². The van der Waals surface area contributed by atoms with E-state index in [2.05, 4.69) is 16.1 Å². The summed E-state index contributed by atoms with van der Waals surface area (Å²) in [4.78, 5) is 18.9. The summed E-state index contributed by atoms with van der Waals surface area (Å²) in [5.74, 6) is -0.762. The molecule has 0 spiro atoms. The SMILES string of the molecule is O=C(Cn1nc(C(F)F)cc1C(F)F)N1CCC(c2nc(C3OCc4[c]ccc(F)c4CO3)cs2)CC1. The number of nitrogens with zero attached hydrogens (tertiary/aromatic N) is 4. The van der Waals surface area contributed by atoms with E-state index in [0.29, 0.717) is 53.5 Å². The van der Waals surface area contributed by atoms with Gasteiger partial charge in [0.15, 0.2) is 0 Å². The molecule has 7 nitrogen and oxygen atoms in total. The Hall–Kier alpha value is -2.90. The normalized spacial score (nSPS) is 18.9. The van der Waals surface area contributed by atoms with Gasteiger partial charge in [-0.25, -0.2) is 26.9 Å². The first-order chi connectivity index (χ1) is 17.8. The van der Waals surface area contributed by atoms with Crippen molar-refractivity contribution in [2.75, 3.05) is 13.1 Å². The number of benzene rings is 1. The van der Waals surface area contributed by atoms with Crippen molar-refractivity contribution in [1.82, 2.24) is 19.7 Å². The van der Waals surface area contributed by atoms with E-state index in [1.807, 2.05) is 5.38 Å². The van der Waals surface area contributed by atoms with Crippen molar-refractivity contribution in [2.45, 2.75) is 57.7 Å². The Morgan fingerprint density at radius 1 is 1.16 bits per heavy atom. The second kappa shape index (κ2) is 10.8. The Morgan fingerprint density at radius 2 is 1.92 bits per heavy atom. The molecule has 0 saturated carbocycles. The van der Waals surface area contributed by atoms with Gasteiger partial charge in [0, 0.05) is 30.0 Å². The number of piperidine rings is 1. The van der Waals surface area contributed by atoms with Crippen LogP contribution in [-0.4, -0.2) is 38.7 Å². The van der Waals surface area contributed by atoms with Crippen molar-refractivity contribution in [2.24, 2.45) is 0 Å². The summed E-state index contributed by atoms with van der Waals surface area (Å²) in [5.41, 5.74) is 0.116. The Morgan fingerprint density at radius 3 is 2.65 bits per heavy atom. The fraction of sp³-hybridized carbons (Fsp3) is 0.458. The maximum Gasteiger partial charge on any atom is 0.282 e. The highest BCUT2D eigenvalue weighted by Gasteiger charge is 2.29. The summed E-state index contributed by atoms with van der Waals surface area (Å²) in [7, 11) is 0.